The average molecular weight is 224 g/mol. The molecule has 0 aromatic heterocycles. The molecule has 0 bridgehead atoms. The molecule has 1 rings (SSSR count). The molecule has 82 valence electrons. The Morgan fingerprint density at radius 3 is 2.73 bits per heavy atom. The number of ketones is 1. The molecule has 0 amide bonds. The summed E-state index contributed by atoms with van der Waals surface area (Å²) in [5.41, 5.74) is 0.803. The molecule has 0 N–H and O–H groups in total. The van der Waals surface area contributed by atoms with Gasteiger partial charge in [-0.15, -0.1) is 0 Å². The summed E-state index contributed by atoms with van der Waals surface area (Å²) in [4.78, 5) is 11.6. The van der Waals surface area contributed by atoms with Crippen molar-refractivity contribution < 1.29 is 9.53 Å². The summed E-state index contributed by atoms with van der Waals surface area (Å²) >= 11 is 1.67. The Morgan fingerprint density at radius 1 is 1.33 bits per heavy atom. The number of thioether (sulfide) groups is 1. The number of benzene rings is 1. The summed E-state index contributed by atoms with van der Waals surface area (Å²) in [7, 11) is 1.69. The third-order valence-electron chi connectivity index (χ3n) is 1.97. The highest BCUT2D eigenvalue weighted by Gasteiger charge is 2.03. The van der Waals surface area contributed by atoms with Gasteiger partial charge in [-0.05, 0) is 12.2 Å². The molecule has 1 aromatic rings. The van der Waals surface area contributed by atoms with Crippen molar-refractivity contribution in [2.75, 3.05) is 25.2 Å². The molecule has 0 heterocycles. The number of carbonyl (C=O) groups is 1. The molecule has 0 unspecified atom stereocenters. The highest BCUT2D eigenvalue weighted by molar-refractivity contribution is 7.99. The molecule has 0 fully saturated rings. The quantitative estimate of drug-likeness (QED) is 0.526. The van der Waals surface area contributed by atoms with Gasteiger partial charge in [-0.3, -0.25) is 4.79 Å². The van der Waals surface area contributed by atoms with Crippen LogP contribution in [0.15, 0.2) is 30.3 Å². The molecule has 0 atom stereocenters. The van der Waals surface area contributed by atoms with Gasteiger partial charge < -0.3 is 4.74 Å². The molecule has 0 radical (unpaired) electrons. The van der Waals surface area contributed by atoms with Gasteiger partial charge in [0.05, 0.1) is 5.75 Å². The van der Waals surface area contributed by atoms with Crippen LogP contribution in [0.5, 0.6) is 0 Å². The van der Waals surface area contributed by atoms with Gasteiger partial charge in [-0.25, -0.2) is 0 Å². The van der Waals surface area contributed by atoms with Gasteiger partial charge in [0.15, 0.2) is 5.78 Å². The summed E-state index contributed by atoms with van der Waals surface area (Å²) in [6.45, 7) is 0.770. The number of Topliss-reactive ketones (excluding diaryl/α,β-unsaturated/α-hetero) is 1. The molecule has 1 aromatic carbocycles. The second kappa shape index (κ2) is 7.49. The third-order valence-corrected chi connectivity index (χ3v) is 3.01. The van der Waals surface area contributed by atoms with Gasteiger partial charge >= 0.3 is 0 Å². The van der Waals surface area contributed by atoms with E-state index in [0.29, 0.717) is 5.75 Å². The molecule has 0 spiro atoms. The molecule has 2 nitrogen and oxygen atoms in total. The minimum absolute atomic E-state index is 0.206. The fourth-order valence-electron chi connectivity index (χ4n) is 1.18. The zero-order chi connectivity index (χ0) is 10.9. The molecule has 15 heavy (non-hydrogen) atoms. The lowest BCUT2D eigenvalue weighted by Crippen LogP contribution is -2.03. The fourth-order valence-corrected chi connectivity index (χ4v) is 2.00. The average Bonchev–Trinajstić information content (AvgIpc) is 2.30. The monoisotopic (exact) mass is 224 g/mol. The molecule has 3 heteroatoms. The summed E-state index contributed by atoms with van der Waals surface area (Å²) in [6.07, 6.45) is 1.00. The number of rotatable bonds is 7. The summed E-state index contributed by atoms with van der Waals surface area (Å²) in [5.74, 6) is 1.75. The maximum atomic E-state index is 11.6. The Bertz CT molecular complexity index is 285. The van der Waals surface area contributed by atoms with Gasteiger partial charge in [0.25, 0.3) is 0 Å². The Balaban J connectivity index is 2.20. The zero-order valence-electron chi connectivity index (χ0n) is 8.94. The number of carbonyl (C=O) groups excluding carboxylic acids is 1. The largest absolute Gasteiger partial charge is 0.385 e. The molecule has 0 aliphatic carbocycles. The lowest BCUT2D eigenvalue weighted by molar-refractivity contribution is 0.102. The Hall–Kier alpha value is -0.800. The van der Waals surface area contributed by atoms with E-state index in [1.807, 2.05) is 30.3 Å². The molecule has 0 saturated heterocycles. The van der Waals surface area contributed by atoms with Crippen molar-refractivity contribution >= 4 is 17.5 Å². The normalized spacial score (nSPS) is 10.2. The molecule has 0 aliphatic heterocycles. The van der Waals surface area contributed by atoms with E-state index in [-0.39, 0.29) is 5.78 Å². The minimum atomic E-state index is 0.206. The lowest BCUT2D eigenvalue weighted by atomic mass is 10.2. The predicted molar refractivity (Wildman–Crippen MR) is 64.6 cm³/mol. The second-order valence-corrected chi connectivity index (χ2v) is 4.29. The number of hydrogen-bond donors (Lipinski definition) is 0. The van der Waals surface area contributed by atoms with Crippen LogP contribution in [0.4, 0.5) is 0 Å². The topological polar surface area (TPSA) is 26.3 Å². The maximum absolute atomic E-state index is 11.6. The van der Waals surface area contributed by atoms with Gasteiger partial charge in [0.2, 0.25) is 0 Å². The zero-order valence-corrected chi connectivity index (χ0v) is 9.76. The van der Waals surface area contributed by atoms with Crippen LogP contribution in [0, 0.1) is 0 Å². The van der Waals surface area contributed by atoms with E-state index in [1.165, 1.54) is 0 Å². The lowest BCUT2D eigenvalue weighted by Gasteiger charge is -2.01. The summed E-state index contributed by atoms with van der Waals surface area (Å²) < 4.78 is 4.94. The second-order valence-electron chi connectivity index (χ2n) is 3.19. The molecule has 0 saturated carbocycles. The highest BCUT2D eigenvalue weighted by atomic mass is 32.2. The standard InChI is InChI=1S/C12H16O2S/c1-14-8-5-9-15-10-12(13)11-6-3-2-4-7-11/h2-4,6-7H,5,8-10H2,1H3. The summed E-state index contributed by atoms with van der Waals surface area (Å²) in [6, 6.07) is 9.42. The predicted octanol–water partition coefficient (Wildman–Crippen LogP) is 2.64. The van der Waals surface area contributed by atoms with Crippen molar-refractivity contribution in [3.05, 3.63) is 35.9 Å². The van der Waals surface area contributed by atoms with E-state index in [4.69, 9.17) is 4.74 Å². The third kappa shape index (κ3) is 5.00. The Morgan fingerprint density at radius 2 is 2.07 bits per heavy atom. The molecular formula is C12H16O2S. The first-order valence-corrected chi connectivity index (χ1v) is 6.15. The molecular weight excluding hydrogens is 208 g/mol. The van der Waals surface area contributed by atoms with Gasteiger partial charge in [0.1, 0.15) is 0 Å². The van der Waals surface area contributed by atoms with Crippen molar-refractivity contribution in [1.29, 1.82) is 0 Å². The first kappa shape index (κ1) is 12.3. The first-order valence-electron chi connectivity index (χ1n) is 4.99. The van der Waals surface area contributed by atoms with Crippen LogP contribution in [0.2, 0.25) is 0 Å². The van der Waals surface area contributed by atoms with Crippen LogP contribution in [0.1, 0.15) is 16.8 Å². The maximum Gasteiger partial charge on any atom is 0.172 e. The van der Waals surface area contributed by atoms with Crippen LogP contribution >= 0.6 is 11.8 Å². The SMILES string of the molecule is COCCCSCC(=O)c1ccccc1. The van der Waals surface area contributed by atoms with Gasteiger partial charge in [0, 0.05) is 19.3 Å². The van der Waals surface area contributed by atoms with Crippen LogP contribution in [-0.2, 0) is 4.74 Å². The highest BCUT2D eigenvalue weighted by Crippen LogP contribution is 2.08. The minimum Gasteiger partial charge on any atom is -0.385 e. The van der Waals surface area contributed by atoms with Crippen molar-refractivity contribution in [2.24, 2.45) is 0 Å². The molecule has 0 aliphatic rings. The number of methoxy groups -OCH3 is 1. The Labute approximate surface area is 95.0 Å². The fraction of sp³-hybridized carbons (Fsp3) is 0.417. The van der Waals surface area contributed by atoms with E-state index in [9.17, 15) is 4.79 Å². The number of hydrogen-bond acceptors (Lipinski definition) is 3. The van der Waals surface area contributed by atoms with E-state index in [0.717, 1.165) is 24.3 Å². The van der Waals surface area contributed by atoms with Crippen molar-refractivity contribution in [3.63, 3.8) is 0 Å². The van der Waals surface area contributed by atoms with E-state index in [2.05, 4.69) is 0 Å². The van der Waals surface area contributed by atoms with E-state index in [1.54, 1.807) is 18.9 Å². The van der Waals surface area contributed by atoms with Gasteiger partial charge in [-0.2, -0.15) is 11.8 Å². The van der Waals surface area contributed by atoms with Gasteiger partial charge in [-0.1, -0.05) is 30.3 Å². The smallest absolute Gasteiger partial charge is 0.172 e. The van der Waals surface area contributed by atoms with Crippen molar-refractivity contribution in [2.45, 2.75) is 6.42 Å². The summed E-state index contributed by atoms with van der Waals surface area (Å²) in [5, 5.41) is 0. The first-order chi connectivity index (χ1) is 7.34. The van der Waals surface area contributed by atoms with Crippen LogP contribution in [0.25, 0.3) is 0 Å². The van der Waals surface area contributed by atoms with Crippen LogP contribution in [-0.4, -0.2) is 31.0 Å². The van der Waals surface area contributed by atoms with Crippen molar-refractivity contribution in [3.8, 4) is 0 Å². The van der Waals surface area contributed by atoms with E-state index >= 15 is 0 Å². The van der Waals surface area contributed by atoms with Crippen molar-refractivity contribution in [1.82, 2.24) is 0 Å². The van der Waals surface area contributed by atoms with Crippen LogP contribution < -0.4 is 0 Å². The van der Waals surface area contributed by atoms with Crippen LogP contribution in [0.3, 0.4) is 0 Å². The Kier molecular flexibility index (Phi) is 6.12. The van der Waals surface area contributed by atoms with E-state index < -0.39 is 0 Å². The number of ether oxygens (including phenoxy) is 1.